The van der Waals surface area contributed by atoms with E-state index in [9.17, 15) is 4.39 Å². The predicted molar refractivity (Wildman–Crippen MR) is 65.3 cm³/mol. The molecule has 3 heteroatoms. The lowest BCUT2D eigenvalue weighted by molar-refractivity contribution is 0.376. The SMILES string of the molecule is CNC(Cc1ccc(F)c(Cl)c1)C1(C)CC1. The number of nitrogens with one attached hydrogen (secondary N) is 1. The first kappa shape index (κ1) is 11.9. The molecule has 0 aliphatic heterocycles. The van der Waals surface area contributed by atoms with E-state index in [2.05, 4.69) is 12.2 Å². The zero-order chi connectivity index (χ0) is 11.8. The second kappa shape index (κ2) is 4.34. The van der Waals surface area contributed by atoms with E-state index in [0.29, 0.717) is 11.5 Å². The summed E-state index contributed by atoms with van der Waals surface area (Å²) in [5.41, 5.74) is 1.51. The second-order valence-corrected chi connectivity index (χ2v) is 5.36. The first-order valence-corrected chi connectivity index (χ1v) is 6.04. The van der Waals surface area contributed by atoms with Gasteiger partial charge in [0.05, 0.1) is 5.02 Å². The quantitative estimate of drug-likeness (QED) is 0.852. The summed E-state index contributed by atoms with van der Waals surface area (Å²) in [6, 6.07) is 5.44. The summed E-state index contributed by atoms with van der Waals surface area (Å²) in [4.78, 5) is 0. The molecule has 1 unspecified atom stereocenters. The number of rotatable bonds is 4. The van der Waals surface area contributed by atoms with Gasteiger partial charge in [-0.2, -0.15) is 0 Å². The van der Waals surface area contributed by atoms with E-state index in [1.807, 2.05) is 13.1 Å². The molecular formula is C13H17ClFN. The van der Waals surface area contributed by atoms with Gasteiger partial charge in [-0.25, -0.2) is 4.39 Å². The standard InChI is InChI=1S/C13H17ClFN/c1-13(5-6-13)12(16-2)8-9-3-4-11(15)10(14)7-9/h3-4,7,12,16H,5-6,8H2,1-2H3. The fraction of sp³-hybridized carbons (Fsp3) is 0.538. The second-order valence-electron chi connectivity index (χ2n) is 4.95. The number of hydrogen-bond acceptors (Lipinski definition) is 1. The largest absolute Gasteiger partial charge is 0.316 e. The Morgan fingerprint density at radius 1 is 1.50 bits per heavy atom. The lowest BCUT2D eigenvalue weighted by Gasteiger charge is -2.23. The van der Waals surface area contributed by atoms with Crippen molar-refractivity contribution in [2.75, 3.05) is 7.05 Å². The van der Waals surface area contributed by atoms with E-state index >= 15 is 0 Å². The van der Waals surface area contributed by atoms with Gasteiger partial charge in [0.2, 0.25) is 0 Å². The number of halogens is 2. The van der Waals surface area contributed by atoms with Gasteiger partial charge in [0.25, 0.3) is 0 Å². The topological polar surface area (TPSA) is 12.0 Å². The van der Waals surface area contributed by atoms with Gasteiger partial charge in [0.1, 0.15) is 5.82 Å². The molecule has 2 rings (SSSR count). The van der Waals surface area contributed by atoms with Crippen LogP contribution in [0.4, 0.5) is 4.39 Å². The third-order valence-electron chi connectivity index (χ3n) is 3.65. The molecule has 1 nitrogen and oxygen atoms in total. The van der Waals surface area contributed by atoms with Crippen LogP contribution in [0.1, 0.15) is 25.3 Å². The summed E-state index contributed by atoms with van der Waals surface area (Å²) in [5.74, 6) is -0.343. The summed E-state index contributed by atoms with van der Waals surface area (Å²) >= 11 is 5.77. The van der Waals surface area contributed by atoms with Crippen molar-refractivity contribution in [1.82, 2.24) is 5.32 Å². The van der Waals surface area contributed by atoms with Crippen LogP contribution in [0.15, 0.2) is 18.2 Å². The van der Waals surface area contributed by atoms with Crippen molar-refractivity contribution in [2.45, 2.75) is 32.2 Å². The Kier molecular flexibility index (Phi) is 3.22. The summed E-state index contributed by atoms with van der Waals surface area (Å²) < 4.78 is 13.0. The molecule has 1 N–H and O–H groups in total. The Morgan fingerprint density at radius 2 is 2.19 bits per heavy atom. The van der Waals surface area contributed by atoms with Crippen LogP contribution in [0.5, 0.6) is 0 Å². The number of benzene rings is 1. The molecule has 1 aromatic carbocycles. The van der Waals surface area contributed by atoms with Crippen molar-refractivity contribution in [2.24, 2.45) is 5.41 Å². The molecule has 1 atom stereocenters. The summed E-state index contributed by atoms with van der Waals surface area (Å²) in [7, 11) is 1.99. The molecule has 0 heterocycles. The average molecular weight is 242 g/mol. The Morgan fingerprint density at radius 3 is 2.69 bits per heavy atom. The van der Waals surface area contributed by atoms with Crippen molar-refractivity contribution in [1.29, 1.82) is 0 Å². The van der Waals surface area contributed by atoms with Crippen LogP contribution in [0.25, 0.3) is 0 Å². The van der Waals surface area contributed by atoms with Gasteiger partial charge in [-0.1, -0.05) is 24.6 Å². The first-order valence-electron chi connectivity index (χ1n) is 5.66. The molecule has 1 saturated carbocycles. The zero-order valence-corrected chi connectivity index (χ0v) is 10.4. The van der Waals surface area contributed by atoms with Crippen LogP contribution in [-0.2, 0) is 6.42 Å². The van der Waals surface area contributed by atoms with Gasteiger partial charge in [0, 0.05) is 6.04 Å². The Bertz CT molecular complexity index is 388. The van der Waals surface area contributed by atoms with E-state index in [1.54, 1.807) is 6.07 Å². The van der Waals surface area contributed by atoms with E-state index < -0.39 is 0 Å². The van der Waals surface area contributed by atoms with Crippen molar-refractivity contribution >= 4 is 11.6 Å². The highest BCUT2D eigenvalue weighted by atomic mass is 35.5. The van der Waals surface area contributed by atoms with Gasteiger partial charge in [0.15, 0.2) is 0 Å². The van der Waals surface area contributed by atoms with Crippen LogP contribution in [0, 0.1) is 11.2 Å². The van der Waals surface area contributed by atoms with Crippen LogP contribution in [0.3, 0.4) is 0 Å². The Balaban J connectivity index is 2.10. The smallest absolute Gasteiger partial charge is 0.141 e. The predicted octanol–water partition coefficient (Wildman–Crippen LogP) is 3.41. The minimum Gasteiger partial charge on any atom is -0.316 e. The minimum atomic E-state index is -0.343. The maximum Gasteiger partial charge on any atom is 0.141 e. The molecule has 16 heavy (non-hydrogen) atoms. The molecule has 1 aliphatic rings. The third kappa shape index (κ3) is 2.38. The fourth-order valence-corrected chi connectivity index (χ4v) is 2.35. The summed E-state index contributed by atoms with van der Waals surface area (Å²) in [6.45, 7) is 2.29. The maximum atomic E-state index is 13.0. The summed E-state index contributed by atoms with van der Waals surface area (Å²) in [5, 5.41) is 3.57. The van der Waals surface area contributed by atoms with Gasteiger partial charge >= 0.3 is 0 Å². The zero-order valence-electron chi connectivity index (χ0n) is 9.69. The highest BCUT2D eigenvalue weighted by molar-refractivity contribution is 6.30. The highest BCUT2D eigenvalue weighted by Crippen LogP contribution is 2.48. The van der Waals surface area contributed by atoms with E-state index in [4.69, 9.17) is 11.6 Å². The Labute approximate surface area is 101 Å². The Hall–Kier alpha value is -0.600. The van der Waals surface area contributed by atoms with Crippen LogP contribution >= 0.6 is 11.6 Å². The van der Waals surface area contributed by atoms with Crippen LogP contribution in [-0.4, -0.2) is 13.1 Å². The average Bonchev–Trinajstić information content (AvgIpc) is 2.99. The summed E-state index contributed by atoms with van der Waals surface area (Å²) in [6.07, 6.45) is 3.45. The molecule has 0 amide bonds. The number of likely N-dealkylation sites (N-methyl/N-ethyl adjacent to an activating group) is 1. The fourth-order valence-electron chi connectivity index (χ4n) is 2.14. The lowest BCUT2D eigenvalue weighted by atomic mass is 9.92. The van der Waals surface area contributed by atoms with Gasteiger partial charge < -0.3 is 5.32 Å². The lowest BCUT2D eigenvalue weighted by Crippen LogP contribution is -2.35. The van der Waals surface area contributed by atoms with Crippen LogP contribution < -0.4 is 5.32 Å². The normalized spacial score (nSPS) is 19.5. The molecule has 0 saturated heterocycles. The van der Waals surface area contributed by atoms with Gasteiger partial charge in [-0.3, -0.25) is 0 Å². The van der Waals surface area contributed by atoms with E-state index in [-0.39, 0.29) is 10.8 Å². The van der Waals surface area contributed by atoms with Crippen molar-refractivity contribution < 1.29 is 4.39 Å². The minimum absolute atomic E-state index is 0.216. The molecule has 1 aliphatic carbocycles. The third-order valence-corrected chi connectivity index (χ3v) is 3.94. The molecule has 0 radical (unpaired) electrons. The van der Waals surface area contributed by atoms with Crippen LogP contribution in [0.2, 0.25) is 5.02 Å². The highest BCUT2D eigenvalue weighted by Gasteiger charge is 2.43. The van der Waals surface area contributed by atoms with E-state index in [1.165, 1.54) is 18.9 Å². The molecule has 0 bridgehead atoms. The van der Waals surface area contributed by atoms with E-state index in [0.717, 1.165) is 12.0 Å². The molecule has 88 valence electrons. The maximum absolute atomic E-state index is 13.0. The molecular weight excluding hydrogens is 225 g/mol. The van der Waals surface area contributed by atoms with Crippen molar-refractivity contribution in [3.05, 3.63) is 34.6 Å². The van der Waals surface area contributed by atoms with Crippen molar-refractivity contribution in [3.8, 4) is 0 Å². The van der Waals surface area contributed by atoms with Gasteiger partial charge in [-0.05, 0) is 49.4 Å². The molecule has 1 fully saturated rings. The molecule has 0 aromatic heterocycles. The first-order chi connectivity index (χ1) is 7.55. The molecule has 1 aromatic rings. The van der Waals surface area contributed by atoms with Gasteiger partial charge in [-0.15, -0.1) is 0 Å². The van der Waals surface area contributed by atoms with Crippen molar-refractivity contribution in [3.63, 3.8) is 0 Å². The molecule has 0 spiro atoms. The monoisotopic (exact) mass is 241 g/mol. The number of hydrogen-bond donors (Lipinski definition) is 1.